The highest BCUT2D eigenvalue weighted by Crippen LogP contribution is 2.18. The normalized spacial score (nSPS) is 31.8. The number of nitrogens with one attached hydrogen (secondary N) is 1. The van der Waals surface area contributed by atoms with Gasteiger partial charge in [-0.3, -0.25) is 0 Å². The van der Waals surface area contributed by atoms with Gasteiger partial charge in [0.2, 0.25) is 0 Å². The van der Waals surface area contributed by atoms with Crippen LogP contribution in [-0.2, 0) is 14.9 Å². The lowest BCUT2D eigenvalue weighted by molar-refractivity contribution is 0.164. The fourth-order valence-electron chi connectivity index (χ4n) is 2.31. The van der Waals surface area contributed by atoms with E-state index < -0.39 is 10.2 Å². The SMILES string of the molecule is O=S(=O)(NC1CCOC1)N1CCCC(CO)C1. The first-order valence-electron chi connectivity index (χ1n) is 6.08. The van der Waals surface area contributed by atoms with E-state index in [4.69, 9.17) is 9.84 Å². The largest absolute Gasteiger partial charge is 0.396 e. The molecule has 0 saturated carbocycles. The molecule has 6 nitrogen and oxygen atoms in total. The lowest BCUT2D eigenvalue weighted by Gasteiger charge is -2.31. The Morgan fingerprint density at radius 3 is 2.88 bits per heavy atom. The zero-order valence-corrected chi connectivity index (χ0v) is 10.7. The third-order valence-electron chi connectivity index (χ3n) is 3.33. The van der Waals surface area contributed by atoms with Crippen LogP contribution in [0.4, 0.5) is 0 Å². The van der Waals surface area contributed by atoms with Crippen molar-refractivity contribution in [2.75, 3.05) is 32.9 Å². The summed E-state index contributed by atoms with van der Waals surface area (Å²) >= 11 is 0. The first-order valence-corrected chi connectivity index (χ1v) is 7.52. The molecule has 2 aliphatic rings. The maximum absolute atomic E-state index is 12.1. The first-order chi connectivity index (χ1) is 8.12. The number of ether oxygens (including phenoxy) is 1. The molecule has 0 aromatic heterocycles. The van der Waals surface area contributed by atoms with Crippen LogP contribution in [0, 0.1) is 5.92 Å². The first kappa shape index (κ1) is 13.2. The highest BCUT2D eigenvalue weighted by atomic mass is 32.2. The summed E-state index contributed by atoms with van der Waals surface area (Å²) in [6.45, 7) is 2.08. The fourth-order valence-corrected chi connectivity index (χ4v) is 3.84. The van der Waals surface area contributed by atoms with Gasteiger partial charge in [0.1, 0.15) is 0 Å². The molecule has 2 atom stereocenters. The summed E-state index contributed by atoms with van der Waals surface area (Å²) in [6, 6.07) is -0.102. The van der Waals surface area contributed by atoms with Crippen LogP contribution in [0.25, 0.3) is 0 Å². The van der Waals surface area contributed by atoms with Gasteiger partial charge in [0.05, 0.1) is 6.61 Å². The molecular weight excluding hydrogens is 244 g/mol. The Kier molecular flexibility index (Phi) is 4.37. The van der Waals surface area contributed by atoms with E-state index in [2.05, 4.69) is 4.72 Å². The van der Waals surface area contributed by atoms with Crippen LogP contribution >= 0.6 is 0 Å². The lowest BCUT2D eigenvalue weighted by Crippen LogP contribution is -2.49. The number of rotatable bonds is 4. The summed E-state index contributed by atoms with van der Waals surface area (Å²) in [6.07, 6.45) is 2.44. The summed E-state index contributed by atoms with van der Waals surface area (Å²) in [5.41, 5.74) is 0. The molecule has 2 fully saturated rings. The summed E-state index contributed by atoms with van der Waals surface area (Å²) in [4.78, 5) is 0. The van der Waals surface area contributed by atoms with Gasteiger partial charge in [-0.05, 0) is 25.2 Å². The molecule has 2 rings (SSSR count). The molecule has 2 aliphatic heterocycles. The molecule has 0 amide bonds. The molecular formula is C10H20N2O4S. The van der Waals surface area contributed by atoms with Crippen molar-refractivity contribution in [1.29, 1.82) is 0 Å². The fraction of sp³-hybridized carbons (Fsp3) is 1.00. The predicted molar refractivity (Wildman–Crippen MR) is 62.7 cm³/mol. The average Bonchev–Trinajstić information content (AvgIpc) is 2.81. The van der Waals surface area contributed by atoms with E-state index in [1.54, 1.807) is 0 Å². The van der Waals surface area contributed by atoms with E-state index in [1.807, 2.05) is 0 Å². The van der Waals surface area contributed by atoms with Gasteiger partial charge in [0.15, 0.2) is 0 Å². The Labute approximate surface area is 102 Å². The van der Waals surface area contributed by atoms with Gasteiger partial charge in [-0.25, -0.2) is 0 Å². The van der Waals surface area contributed by atoms with Crippen molar-refractivity contribution in [1.82, 2.24) is 9.03 Å². The molecule has 7 heteroatoms. The minimum Gasteiger partial charge on any atom is -0.396 e. The maximum atomic E-state index is 12.1. The second-order valence-corrected chi connectivity index (χ2v) is 6.43. The molecule has 0 aliphatic carbocycles. The highest BCUT2D eigenvalue weighted by molar-refractivity contribution is 7.87. The maximum Gasteiger partial charge on any atom is 0.279 e. The summed E-state index contributed by atoms with van der Waals surface area (Å²) in [7, 11) is -3.42. The minimum absolute atomic E-state index is 0.0541. The van der Waals surface area contributed by atoms with E-state index >= 15 is 0 Å². The highest BCUT2D eigenvalue weighted by Gasteiger charge is 2.31. The van der Waals surface area contributed by atoms with Crippen LogP contribution < -0.4 is 4.72 Å². The lowest BCUT2D eigenvalue weighted by atomic mass is 10.0. The van der Waals surface area contributed by atoms with Gasteiger partial charge < -0.3 is 9.84 Å². The van der Waals surface area contributed by atoms with Gasteiger partial charge in [-0.1, -0.05) is 0 Å². The molecule has 2 N–H and O–H groups in total. The summed E-state index contributed by atoms with van der Waals surface area (Å²) in [5, 5.41) is 9.10. The molecule has 0 spiro atoms. The van der Waals surface area contributed by atoms with Crippen molar-refractivity contribution in [2.45, 2.75) is 25.3 Å². The van der Waals surface area contributed by atoms with Crippen LogP contribution in [0.15, 0.2) is 0 Å². The molecule has 0 aromatic carbocycles. The number of nitrogens with zero attached hydrogens (tertiary/aromatic N) is 1. The molecule has 2 unspecified atom stereocenters. The third kappa shape index (κ3) is 3.38. The second kappa shape index (κ2) is 5.62. The van der Waals surface area contributed by atoms with Crippen molar-refractivity contribution < 1.29 is 18.3 Å². The van der Waals surface area contributed by atoms with Crippen molar-refractivity contribution in [3.05, 3.63) is 0 Å². The quantitative estimate of drug-likeness (QED) is 0.705. The van der Waals surface area contributed by atoms with Gasteiger partial charge >= 0.3 is 0 Å². The average molecular weight is 264 g/mol. The van der Waals surface area contributed by atoms with Gasteiger partial charge in [-0.2, -0.15) is 17.4 Å². The van der Waals surface area contributed by atoms with E-state index in [-0.39, 0.29) is 18.6 Å². The number of aliphatic hydroxyl groups excluding tert-OH is 1. The van der Waals surface area contributed by atoms with Crippen LogP contribution in [0.1, 0.15) is 19.3 Å². The third-order valence-corrected chi connectivity index (χ3v) is 4.97. The van der Waals surface area contributed by atoms with Gasteiger partial charge in [0.25, 0.3) is 10.2 Å². The van der Waals surface area contributed by atoms with Crippen LogP contribution in [-0.4, -0.2) is 56.8 Å². The molecule has 17 heavy (non-hydrogen) atoms. The number of hydrogen-bond donors (Lipinski definition) is 2. The monoisotopic (exact) mass is 264 g/mol. The predicted octanol–water partition coefficient (Wildman–Crippen LogP) is -0.686. The zero-order chi connectivity index (χ0) is 12.3. The number of hydrogen-bond acceptors (Lipinski definition) is 4. The van der Waals surface area contributed by atoms with Crippen molar-refractivity contribution in [3.8, 4) is 0 Å². The number of aliphatic hydroxyl groups is 1. The van der Waals surface area contributed by atoms with Crippen molar-refractivity contribution in [3.63, 3.8) is 0 Å². The summed E-state index contributed by atoms with van der Waals surface area (Å²) < 4.78 is 33.4. The zero-order valence-electron chi connectivity index (χ0n) is 9.84. The smallest absolute Gasteiger partial charge is 0.279 e. The van der Waals surface area contributed by atoms with Gasteiger partial charge in [0, 0.05) is 32.3 Å². The van der Waals surface area contributed by atoms with Crippen LogP contribution in [0.3, 0.4) is 0 Å². The molecule has 2 saturated heterocycles. The van der Waals surface area contributed by atoms with Crippen molar-refractivity contribution >= 4 is 10.2 Å². The topological polar surface area (TPSA) is 78.9 Å². The van der Waals surface area contributed by atoms with E-state index in [0.717, 1.165) is 19.3 Å². The van der Waals surface area contributed by atoms with Crippen LogP contribution in [0.5, 0.6) is 0 Å². The Bertz CT molecular complexity index is 340. The van der Waals surface area contributed by atoms with Crippen LogP contribution in [0.2, 0.25) is 0 Å². The van der Waals surface area contributed by atoms with Crippen molar-refractivity contribution in [2.24, 2.45) is 5.92 Å². The Morgan fingerprint density at radius 1 is 1.41 bits per heavy atom. The van der Waals surface area contributed by atoms with E-state index in [0.29, 0.717) is 26.3 Å². The summed E-state index contributed by atoms with van der Waals surface area (Å²) in [5.74, 6) is 0.0696. The second-order valence-electron chi connectivity index (χ2n) is 4.73. The minimum atomic E-state index is -3.42. The van der Waals surface area contributed by atoms with Gasteiger partial charge in [-0.15, -0.1) is 0 Å². The Morgan fingerprint density at radius 2 is 2.24 bits per heavy atom. The molecule has 0 aromatic rings. The molecule has 0 bridgehead atoms. The number of piperidine rings is 1. The molecule has 100 valence electrons. The van der Waals surface area contributed by atoms with E-state index in [1.165, 1.54) is 4.31 Å². The molecule has 0 radical (unpaired) electrons. The Balaban J connectivity index is 1.94. The standard InChI is InChI=1S/C10H20N2O4S/c13-7-9-2-1-4-12(6-9)17(14,15)11-10-3-5-16-8-10/h9-11,13H,1-8H2. The molecule has 2 heterocycles. The van der Waals surface area contributed by atoms with E-state index in [9.17, 15) is 8.42 Å². The Hall–Kier alpha value is -0.210.